The van der Waals surface area contributed by atoms with Crippen molar-refractivity contribution in [3.8, 4) is 5.75 Å². The van der Waals surface area contributed by atoms with Gasteiger partial charge in [0, 0.05) is 43.8 Å². The Hall–Kier alpha value is -3.75. The van der Waals surface area contributed by atoms with Crippen LogP contribution in [0.2, 0.25) is 5.04 Å². The van der Waals surface area contributed by atoms with Gasteiger partial charge >= 0.3 is 0 Å². The van der Waals surface area contributed by atoms with Gasteiger partial charge < -0.3 is 19.4 Å². The summed E-state index contributed by atoms with van der Waals surface area (Å²) in [5.74, 6) is 0.903. The van der Waals surface area contributed by atoms with E-state index >= 15 is 0 Å². The summed E-state index contributed by atoms with van der Waals surface area (Å²) in [6.45, 7) is 17.0. The molecule has 1 N–H and O–H groups in total. The molecule has 7 heteroatoms. The summed E-state index contributed by atoms with van der Waals surface area (Å²) in [5.41, 5.74) is 3.04. The Kier molecular flexibility index (Phi) is 11.6. The van der Waals surface area contributed by atoms with E-state index in [0.717, 1.165) is 35.5 Å². The van der Waals surface area contributed by atoms with E-state index in [-0.39, 0.29) is 29.1 Å². The molecule has 5 rings (SSSR count). The van der Waals surface area contributed by atoms with Crippen LogP contribution in [0, 0.1) is 0 Å². The molecule has 1 aliphatic heterocycles. The van der Waals surface area contributed by atoms with E-state index in [9.17, 15) is 4.79 Å². The molecule has 0 saturated carbocycles. The second-order valence-corrected chi connectivity index (χ2v) is 18.2. The van der Waals surface area contributed by atoms with E-state index in [1.807, 2.05) is 36.9 Å². The van der Waals surface area contributed by atoms with Crippen molar-refractivity contribution in [2.75, 3.05) is 39.9 Å². The van der Waals surface area contributed by atoms with Gasteiger partial charge in [0.2, 0.25) is 0 Å². The van der Waals surface area contributed by atoms with Gasteiger partial charge in [0.1, 0.15) is 5.75 Å². The van der Waals surface area contributed by atoms with Crippen molar-refractivity contribution < 1.29 is 14.0 Å². The molecule has 3 unspecified atom stereocenters. The molecule has 254 valence electrons. The van der Waals surface area contributed by atoms with E-state index in [1.165, 1.54) is 10.4 Å². The van der Waals surface area contributed by atoms with E-state index in [1.54, 1.807) is 7.11 Å². The smallest absolute Gasteiger partial charge is 0.261 e. The fourth-order valence-electron chi connectivity index (χ4n) is 7.30. The van der Waals surface area contributed by atoms with Crippen LogP contribution in [-0.4, -0.2) is 76.0 Å². The van der Waals surface area contributed by atoms with Crippen molar-refractivity contribution in [1.29, 1.82) is 0 Å². The maximum Gasteiger partial charge on any atom is 0.261 e. The van der Waals surface area contributed by atoms with Gasteiger partial charge in [-0.1, -0.05) is 106 Å². The van der Waals surface area contributed by atoms with Gasteiger partial charge in [0.25, 0.3) is 14.2 Å². The lowest BCUT2D eigenvalue weighted by Crippen LogP contribution is -2.68. The molecule has 1 aliphatic rings. The van der Waals surface area contributed by atoms with Crippen LogP contribution in [0.1, 0.15) is 69.1 Å². The SMILES string of the molecule is CCN(CC)C(=O)c1ccc(C(c2cccc(OC)c2)N2CC(CO[Si](c3ccccc3)(c3ccccc3)C(C)(C)C)NCC2C)cc1. The molecule has 0 radical (unpaired) electrons. The summed E-state index contributed by atoms with van der Waals surface area (Å²) in [5, 5.41) is 6.32. The Bertz CT molecular complexity index is 1560. The van der Waals surface area contributed by atoms with Crippen molar-refractivity contribution in [2.24, 2.45) is 0 Å². The van der Waals surface area contributed by atoms with Gasteiger partial charge in [-0.05, 0) is 71.6 Å². The number of nitrogens with zero attached hydrogens (tertiary/aromatic N) is 2. The number of hydrogen-bond donors (Lipinski definition) is 1. The molecule has 3 atom stereocenters. The first-order valence-corrected chi connectivity index (χ1v) is 19.3. The first-order valence-electron chi connectivity index (χ1n) is 17.4. The highest BCUT2D eigenvalue weighted by Crippen LogP contribution is 2.38. The van der Waals surface area contributed by atoms with Gasteiger partial charge in [-0.15, -0.1) is 0 Å². The fraction of sp³-hybridized carbons (Fsp3) is 0.390. The van der Waals surface area contributed by atoms with Crippen molar-refractivity contribution >= 4 is 24.6 Å². The molecule has 1 fully saturated rings. The summed E-state index contributed by atoms with van der Waals surface area (Å²) < 4.78 is 13.1. The van der Waals surface area contributed by atoms with Gasteiger partial charge in [-0.2, -0.15) is 0 Å². The average Bonchev–Trinajstić information content (AvgIpc) is 3.11. The molecule has 0 bridgehead atoms. The minimum atomic E-state index is -2.68. The monoisotopic (exact) mass is 663 g/mol. The van der Waals surface area contributed by atoms with Crippen molar-refractivity contribution in [3.05, 3.63) is 126 Å². The highest BCUT2D eigenvalue weighted by Gasteiger charge is 2.50. The minimum absolute atomic E-state index is 0.0230. The molecule has 1 amide bonds. The highest BCUT2D eigenvalue weighted by molar-refractivity contribution is 6.99. The van der Waals surface area contributed by atoms with Crippen LogP contribution in [-0.2, 0) is 4.43 Å². The van der Waals surface area contributed by atoms with Crippen LogP contribution in [0.3, 0.4) is 0 Å². The molecule has 48 heavy (non-hydrogen) atoms. The Morgan fingerprint density at radius 3 is 2.02 bits per heavy atom. The third-order valence-corrected chi connectivity index (χ3v) is 14.9. The number of benzene rings is 4. The summed E-state index contributed by atoms with van der Waals surface area (Å²) in [7, 11) is -0.968. The molecule has 0 spiro atoms. The molecule has 0 aliphatic carbocycles. The minimum Gasteiger partial charge on any atom is -0.497 e. The lowest BCUT2D eigenvalue weighted by atomic mass is 9.93. The maximum absolute atomic E-state index is 13.1. The number of carbonyl (C=O) groups is 1. The quantitative estimate of drug-likeness (QED) is 0.175. The number of ether oxygens (including phenoxy) is 1. The molecule has 6 nitrogen and oxygen atoms in total. The second kappa shape index (κ2) is 15.6. The normalized spacial score (nSPS) is 17.9. The topological polar surface area (TPSA) is 54.0 Å². The number of rotatable bonds is 12. The number of piperazine rings is 1. The van der Waals surface area contributed by atoms with Crippen molar-refractivity contribution in [3.63, 3.8) is 0 Å². The van der Waals surface area contributed by atoms with Crippen molar-refractivity contribution in [1.82, 2.24) is 15.1 Å². The lowest BCUT2D eigenvalue weighted by Gasteiger charge is -2.47. The fourth-order valence-corrected chi connectivity index (χ4v) is 11.9. The Morgan fingerprint density at radius 1 is 0.875 bits per heavy atom. The summed E-state index contributed by atoms with van der Waals surface area (Å²) in [4.78, 5) is 17.6. The Labute approximate surface area is 289 Å². The second-order valence-electron chi connectivity index (χ2n) is 13.9. The molecule has 0 aromatic heterocycles. The van der Waals surface area contributed by atoms with Gasteiger partial charge in [0.05, 0.1) is 19.8 Å². The van der Waals surface area contributed by atoms with Gasteiger partial charge in [0.15, 0.2) is 0 Å². The molecule has 4 aromatic rings. The summed E-state index contributed by atoms with van der Waals surface area (Å²) in [6.07, 6.45) is 0. The van der Waals surface area contributed by atoms with Gasteiger partial charge in [-0.25, -0.2) is 0 Å². The van der Waals surface area contributed by atoms with Crippen LogP contribution in [0.15, 0.2) is 109 Å². The molecular formula is C41H53N3O3Si. The lowest BCUT2D eigenvalue weighted by molar-refractivity contribution is 0.0772. The third-order valence-electron chi connectivity index (χ3n) is 9.88. The zero-order chi connectivity index (χ0) is 34.3. The first-order chi connectivity index (χ1) is 23.1. The van der Waals surface area contributed by atoms with Crippen molar-refractivity contribution in [2.45, 2.75) is 64.7 Å². The number of methoxy groups -OCH3 is 1. The average molecular weight is 664 g/mol. The molecular weight excluding hydrogens is 611 g/mol. The maximum atomic E-state index is 13.1. The van der Waals surface area contributed by atoms with Crippen LogP contribution in [0.25, 0.3) is 0 Å². The van der Waals surface area contributed by atoms with E-state index in [0.29, 0.717) is 19.7 Å². The number of carbonyl (C=O) groups excluding carboxylic acids is 1. The molecule has 1 heterocycles. The number of amides is 1. The molecule has 1 saturated heterocycles. The van der Waals surface area contributed by atoms with Gasteiger partial charge in [-0.3, -0.25) is 9.69 Å². The van der Waals surface area contributed by atoms with E-state index in [4.69, 9.17) is 9.16 Å². The standard InChI is InChI=1S/C41H53N3O3Si/c1-8-43(9-2)40(45)33-25-23-32(24-26-33)39(34-17-16-18-36(27-34)46-7)44-29-35(42-28-31(44)3)30-47-48(41(4,5)6,37-19-12-10-13-20-37)38-21-14-11-15-22-38/h10-27,31,35,39,42H,8-9,28-30H2,1-7H3. The first kappa shape index (κ1) is 35.6. The largest absolute Gasteiger partial charge is 0.497 e. The van der Waals surface area contributed by atoms with Crippen LogP contribution >= 0.6 is 0 Å². The Morgan fingerprint density at radius 2 is 1.48 bits per heavy atom. The summed E-state index contributed by atoms with van der Waals surface area (Å²) in [6, 6.07) is 38.7. The highest BCUT2D eigenvalue weighted by atomic mass is 28.4. The third kappa shape index (κ3) is 7.45. The number of hydrogen-bond acceptors (Lipinski definition) is 5. The van der Waals surface area contributed by atoms with Crippen LogP contribution in [0.4, 0.5) is 0 Å². The Balaban J connectivity index is 1.48. The zero-order valence-electron chi connectivity index (χ0n) is 29.8. The number of nitrogens with one attached hydrogen (secondary N) is 1. The predicted molar refractivity (Wildman–Crippen MR) is 200 cm³/mol. The van der Waals surface area contributed by atoms with Crippen LogP contribution < -0.4 is 20.4 Å². The molecule has 4 aromatic carbocycles. The van der Waals surface area contributed by atoms with Crippen LogP contribution in [0.5, 0.6) is 5.75 Å². The van der Waals surface area contributed by atoms with E-state index < -0.39 is 8.32 Å². The zero-order valence-corrected chi connectivity index (χ0v) is 30.8. The summed E-state index contributed by atoms with van der Waals surface area (Å²) >= 11 is 0. The van der Waals surface area contributed by atoms with E-state index in [2.05, 4.69) is 129 Å². The predicted octanol–water partition coefficient (Wildman–Crippen LogP) is 6.51.